The predicted octanol–water partition coefficient (Wildman–Crippen LogP) is 1.70. The van der Waals surface area contributed by atoms with Gasteiger partial charge in [0.1, 0.15) is 23.6 Å². The molecule has 0 radical (unpaired) electrons. The summed E-state index contributed by atoms with van der Waals surface area (Å²) in [5.74, 6) is 0.340. The molecule has 0 fully saturated rings. The number of hydrogen-bond acceptors (Lipinski definition) is 6. The summed E-state index contributed by atoms with van der Waals surface area (Å²) >= 11 is 0. The summed E-state index contributed by atoms with van der Waals surface area (Å²) in [5, 5.41) is 22.6. The van der Waals surface area contributed by atoms with Crippen LogP contribution in [0.25, 0.3) is 0 Å². The number of anilines is 1. The lowest BCUT2D eigenvalue weighted by molar-refractivity contribution is -0.385. The van der Waals surface area contributed by atoms with Crippen LogP contribution in [0.5, 0.6) is 0 Å². The molecule has 0 saturated heterocycles. The second kappa shape index (κ2) is 6.51. The number of pyridine rings is 1. The molecule has 1 rings (SSSR count). The van der Waals surface area contributed by atoms with E-state index in [-0.39, 0.29) is 17.3 Å². The smallest absolute Gasteiger partial charge is 0.289 e. The first-order valence-electron chi connectivity index (χ1n) is 5.42. The molecule has 1 unspecified atom stereocenters. The average Bonchev–Trinajstić information content (AvgIpc) is 2.38. The maximum absolute atomic E-state index is 10.6. The van der Waals surface area contributed by atoms with Gasteiger partial charge in [0.15, 0.2) is 0 Å². The van der Waals surface area contributed by atoms with E-state index < -0.39 is 4.92 Å². The normalized spacial score (nSPS) is 11.6. The zero-order chi connectivity index (χ0) is 13.5. The van der Waals surface area contributed by atoms with Gasteiger partial charge in [-0.25, -0.2) is 4.98 Å². The molecule has 18 heavy (non-hydrogen) atoms. The van der Waals surface area contributed by atoms with Gasteiger partial charge in [0.25, 0.3) is 5.69 Å². The van der Waals surface area contributed by atoms with Gasteiger partial charge < -0.3 is 10.1 Å². The topological polar surface area (TPSA) is 101 Å². The number of aromatic nitrogens is 1. The fourth-order valence-electron chi connectivity index (χ4n) is 1.41. The Bertz CT molecular complexity index is 470. The summed E-state index contributed by atoms with van der Waals surface area (Å²) in [6.45, 7) is 2.44. The predicted molar refractivity (Wildman–Crippen MR) is 65.2 cm³/mol. The minimum absolute atomic E-state index is 0.0102. The van der Waals surface area contributed by atoms with Crippen molar-refractivity contribution in [1.82, 2.24) is 4.98 Å². The molecule has 0 aliphatic rings. The van der Waals surface area contributed by atoms with Crippen molar-refractivity contribution in [2.24, 2.45) is 0 Å². The lowest BCUT2D eigenvalue weighted by atomic mass is 10.2. The van der Waals surface area contributed by atoms with Crippen molar-refractivity contribution >= 4 is 11.5 Å². The summed E-state index contributed by atoms with van der Waals surface area (Å²) in [5.41, 5.74) is -0.0457. The number of ether oxygens (including phenoxy) is 1. The highest BCUT2D eigenvalue weighted by atomic mass is 16.6. The number of nitrogens with one attached hydrogen (secondary N) is 1. The number of methoxy groups -OCH3 is 1. The molecule has 1 heterocycles. The fraction of sp³-hybridized carbons (Fsp3) is 0.455. The Morgan fingerprint density at radius 3 is 2.94 bits per heavy atom. The molecule has 1 aromatic rings. The maximum atomic E-state index is 10.6. The zero-order valence-electron chi connectivity index (χ0n) is 10.2. The highest BCUT2D eigenvalue weighted by molar-refractivity contribution is 5.55. The van der Waals surface area contributed by atoms with Crippen LogP contribution < -0.4 is 5.32 Å². The molecular weight excluding hydrogens is 236 g/mol. The highest BCUT2D eigenvalue weighted by Gasteiger charge is 2.14. The number of rotatable bonds is 6. The molecule has 0 saturated carbocycles. The van der Waals surface area contributed by atoms with Crippen molar-refractivity contribution in [2.75, 3.05) is 19.0 Å². The molecule has 0 aliphatic carbocycles. The van der Waals surface area contributed by atoms with Gasteiger partial charge in [-0.2, -0.15) is 5.26 Å². The largest absolute Gasteiger partial charge is 0.383 e. The molecule has 1 atom stereocenters. The van der Waals surface area contributed by atoms with Gasteiger partial charge in [-0.3, -0.25) is 10.1 Å². The van der Waals surface area contributed by atoms with Crippen LogP contribution >= 0.6 is 0 Å². The van der Waals surface area contributed by atoms with Gasteiger partial charge in [0.2, 0.25) is 0 Å². The van der Waals surface area contributed by atoms with Crippen molar-refractivity contribution in [1.29, 1.82) is 5.26 Å². The average molecular weight is 250 g/mol. The van der Waals surface area contributed by atoms with Gasteiger partial charge in [-0.1, -0.05) is 6.92 Å². The second-order valence-electron chi connectivity index (χ2n) is 3.66. The van der Waals surface area contributed by atoms with E-state index in [2.05, 4.69) is 10.3 Å². The van der Waals surface area contributed by atoms with E-state index in [9.17, 15) is 10.1 Å². The van der Waals surface area contributed by atoms with Crippen molar-refractivity contribution < 1.29 is 9.66 Å². The van der Waals surface area contributed by atoms with E-state index in [0.29, 0.717) is 12.4 Å². The fourth-order valence-corrected chi connectivity index (χ4v) is 1.41. The number of hydrogen-bond donors (Lipinski definition) is 1. The zero-order valence-corrected chi connectivity index (χ0v) is 10.2. The van der Waals surface area contributed by atoms with Crippen LogP contribution in [0.4, 0.5) is 11.5 Å². The van der Waals surface area contributed by atoms with Crippen LogP contribution in [-0.2, 0) is 4.74 Å². The third-order valence-corrected chi connectivity index (χ3v) is 2.41. The molecule has 96 valence electrons. The highest BCUT2D eigenvalue weighted by Crippen LogP contribution is 2.19. The van der Waals surface area contributed by atoms with E-state index >= 15 is 0 Å². The molecule has 7 nitrogen and oxygen atoms in total. The Morgan fingerprint density at radius 2 is 2.44 bits per heavy atom. The Kier molecular flexibility index (Phi) is 5.02. The van der Waals surface area contributed by atoms with Gasteiger partial charge in [-0.05, 0) is 6.42 Å². The first kappa shape index (κ1) is 13.9. The van der Waals surface area contributed by atoms with E-state index in [0.717, 1.165) is 12.6 Å². The standard InChI is InChI=1S/C11H14N4O3/c1-3-9(7-18-2)14-11-8(5-12)4-10(6-13-11)15(16)17/h4,6,9H,3,7H2,1-2H3,(H,13,14). The Hall–Kier alpha value is -2.20. The van der Waals surface area contributed by atoms with Gasteiger partial charge in [-0.15, -0.1) is 0 Å². The van der Waals surface area contributed by atoms with Gasteiger partial charge >= 0.3 is 0 Å². The van der Waals surface area contributed by atoms with E-state index in [4.69, 9.17) is 10.00 Å². The molecule has 0 amide bonds. The summed E-state index contributed by atoms with van der Waals surface area (Å²) in [6.07, 6.45) is 1.92. The number of nitro groups is 1. The van der Waals surface area contributed by atoms with Crippen LogP contribution in [0, 0.1) is 21.4 Å². The second-order valence-corrected chi connectivity index (χ2v) is 3.66. The van der Waals surface area contributed by atoms with Crippen molar-refractivity contribution in [2.45, 2.75) is 19.4 Å². The van der Waals surface area contributed by atoms with Crippen LogP contribution in [0.15, 0.2) is 12.3 Å². The minimum atomic E-state index is -0.579. The Labute approximate surface area is 105 Å². The lowest BCUT2D eigenvalue weighted by Gasteiger charge is -2.16. The van der Waals surface area contributed by atoms with Crippen molar-refractivity contribution in [3.05, 3.63) is 27.9 Å². The lowest BCUT2D eigenvalue weighted by Crippen LogP contribution is -2.25. The summed E-state index contributed by atoms with van der Waals surface area (Å²) in [4.78, 5) is 13.9. The Balaban J connectivity index is 2.96. The van der Waals surface area contributed by atoms with Crippen LogP contribution in [0.1, 0.15) is 18.9 Å². The molecule has 7 heteroatoms. The van der Waals surface area contributed by atoms with Gasteiger partial charge in [0.05, 0.1) is 17.6 Å². The molecule has 0 spiro atoms. The van der Waals surface area contributed by atoms with Crippen molar-refractivity contribution in [3.63, 3.8) is 0 Å². The first-order valence-corrected chi connectivity index (χ1v) is 5.42. The van der Waals surface area contributed by atoms with Crippen LogP contribution in [-0.4, -0.2) is 29.7 Å². The summed E-state index contributed by atoms with van der Waals surface area (Å²) in [6, 6.07) is 3.11. The molecular formula is C11H14N4O3. The monoisotopic (exact) mass is 250 g/mol. The summed E-state index contributed by atoms with van der Waals surface area (Å²) in [7, 11) is 1.58. The third-order valence-electron chi connectivity index (χ3n) is 2.41. The first-order chi connectivity index (χ1) is 8.62. The molecule has 1 N–H and O–H groups in total. The van der Waals surface area contributed by atoms with Gasteiger partial charge in [0, 0.05) is 13.2 Å². The van der Waals surface area contributed by atoms with E-state index in [1.165, 1.54) is 6.07 Å². The molecule has 0 aliphatic heterocycles. The SMILES string of the molecule is CCC(COC)Nc1ncc([N+](=O)[O-])cc1C#N. The number of nitrogens with zero attached hydrogens (tertiary/aromatic N) is 3. The summed E-state index contributed by atoms with van der Waals surface area (Å²) < 4.78 is 5.02. The number of nitriles is 1. The quantitative estimate of drug-likeness (QED) is 0.609. The van der Waals surface area contributed by atoms with E-state index in [1.807, 2.05) is 13.0 Å². The van der Waals surface area contributed by atoms with Crippen LogP contribution in [0.3, 0.4) is 0 Å². The van der Waals surface area contributed by atoms with Crippen LogP contribution in [0.2, 0.25) is 0 Å². The Morgan fingerprint density at radius 1 is 1.72 bits per heavy atom. The van der Waals surface area contributed by atoms with E-state index in [1.54, 1.807) is 7.11 Å². The van der Waals surface area contributed by atoms with Crippen molar-refractivity contribution in [3.8, 4) is 6.07 Å². The molecule has 0 bridgehead atoms. The molecule has 1 aromatic heterocycles. The maximum Gasteiger partial charge on any atom is 0.289 e. The molecule has 0 aromatic carbocycles. The minimum Gasteiger partial charge on any atom is -0.383 e. The third kappa shape index (κ3) is 3.40.